The lowest BCUT2D eigenvalue weighted by molar-refractivity contribution is 0.266. The summed E-state index contributed by atoms with van der Waals surface area (Å²) in [6.45, 7) is 3.90. The Labute approximate surface area is 542 Å². The van der Waals surface area contributed by atoms with E-state index in [-0.39, 0.29) is 120 Å². The minimum absolute atomic E-state index is 0.0213. The van der Waals surface area contributed by atoms with Gasteiger partial charge in [0.25, 0.3) is 0 Å². The van der Waals surface area contributed by atoms with Crippen LogP contribution < -0.4 is 99.3 Å². The predicted molar refractivity (Wildman–Crippen MR) is 363 cm³/mol. The number of nitrogens with one attached hydrogen (secondary N) is 12. The molecule has 6 rings (SSSR count). The zero-order valence-electron chi connectivity index (χ0n) is 51.5. The highest BCUT2D eigenvalue weighted by Crippen LogP contribution is 2.50. The number of benzene rings is 4. The Bertz CT molecular complexity index is 3280. The Hall–Kier alpha value is -10.3. The molecule has 6 aromatic rings. The van der Waals surface area contributed by atoms with E-state index in [0.717, 1.165) is 11.4 Å². The number of para-hydroxylation sites is 2. The number of hydrogen-bond donors (Lipinski definition) is 19. The van der Waals surface area contributed by atoms with Crippen LogP contribution in [0.5, 0.6) is 46.0 Å². The van der Waals surface area contributed by atoms with Gasteiger partial charge < -0.3 is 99.3 Å². The normalized spacial score (nSPS) is 10.8. The molecule has 2 aromatic heterocycles. The maximum Gasteiger partial charge on any atom is 0.185 e. The van der Waals surface area contributed by atoms with E-state index in [4.69, 9.17) is 131 Å². The third-order valence-corrected chi connectivity index (χ3v) is 14.9. The first-order chi connectivity index (χ1) is 44.3. The van der Waals surface area contributed by atoms with Gasteiger partial charge in [0.2, 0.25) is 0 Å². The fraction of sp³-hybridized carbons (Fsp3) is 0.377. The molecule has 0 spiro atoms. The van der Waals surface area contributed by atoms with Gasteiger partial charge in [0.1, 0.15) is 36.4 Å². The van der Waals surface area contributed by atoms with Crippen LogP contribution in [0.1, 0.15) is 69.7 Å². The van der Waals surface area contributed by atoms with Gasteiger partial charge in [-0.2, -0.15) is 0 Å². The highest BCUT2D eigenvalue weighted by Gasteiger charge is 2.26. The van der Waals surface area contributed by atoms with E-state index < -0.39 is 0 Å². The summed E-state index contributed by atoms with van der Waals surface area (Å²) >= 11 is 2.90. The van der Waals surface area contributed by atoms with Crippen molar-refractivity contribution in [2.24, 2.45) is 40.1 Å². The second-order valence-corrected chi connectivity index (χ2v) is 22.3. The summed E-state index contributed by atoms with van der Waals surface area (Å²) in [5.41, 5.74) is 45.0. The third-order valence-electron chi connectivity index (χ3n) is 13.0. The molecule has 2 heterocycles. The van der Waals surface area contributed by atoms with Gasteiger partial charge in [-0.25, -0.2) is 9.97 Å². The Morgan fingerprint density at radius 3 is 1.05 bits per heavy atom. The molecule has 0 atom stereocenters. The van der Waals surface area contributed by atoms with Crippen LogP contribution in [0.3, 0.4) is 0 Å². The van der Waals surface area contributed by atoms with E-state index in [1.54, 1.807) is 19.1 Å². The van der Waals surface area contributed by atoms with Crippen molar-refractivity contribution in [2.75, 3.05) is 79.0 Å². The third kappa shape index (κ3) is 23.6. The number of ether oxygens (including phenoxy) is 8. The van der Waals surface area contributed by atoms with Crippen LogP contribution in [0, 0.1) is 43.3 Å². The lowest BCUT2D eigenvalue weighted by Crippen LogP contribution is -2.33. The molecule has 0 fully saturated rings. The SMILES string of the molecule is CC(=N)NCCOc1c(OCCCC(=N)N)cc(-c2nc(CCc3csc(-c4cc(OCCCC(=N)N)c(OCCNC(=N)N)c(-c5cccc(OCCNC(=N)N)c5OCCCC(=N)N)c4)n3)cs2)cc1-c1cccc(OCCNC(=N)N)c1OCCCC(=N)N. The highest BCUT2D eigenvalue weighted by molar-refractivity contribution is 7.13. The number of rotatable bonds is 43. The average Bonchev–Trinajstić information content (AvgIpc) is 1.02. The molecular weight excluding hydrogens is 1220 g/mol. The lowest BCUT2D eigenvalue weighted by atomic mass is 9.99. The minimum atomic E-state index is -0.225. The van der Waals surface area contributed by atoms with Gasteiger partial charge in [0.15, 0.2) is 63.9 Å². The number of nitrogens with two attached hydrogens (primary N) is 7. The summed E-state index contributed by atoms with van der Waals surface area (Å²) in [5.74, 6) is 2.79. The summed E-state index contributed by atoms with van der Waals surface area (Å²) in [6, 6.07) is 18.5. The maximum absolute atomic E-state index is 7.97. The number of guanidine groups is 3. The summed E-state index contributed by atoms with van der Waals surface area (Å²) in [5, 5.41) is 78.9. The Balaban J connectivity index is 1.40. The molecule has 26 N–H and O–H groups in total. The maximum atomic E-state index is 7.97. The molecule has 494 valence electrons. The van der Waals surface area contributed by atoms with Gasteiger partial charge in [-0.3, -0.25) is 43.3 Å². The minimum Gasteiger partial charge on any atom is -0.490 e. The predicted octanol–water partition coefficient (Wildman–Crippen LogP) is 5.98. The molecule has 92 heavy (non-hydrogen) atoms. The number of amidine groups is 5. The molecule has 0 aliphatic rings. The van der Waals surface area contributed by atoms with Crippen molar-refractivity contribution >= 4 is 69.7 Å². The molecule has 0 unspecified atom stereocenters. The molecule has 0 saturated carbocycles. The molecule has 29 nitrogen and oxygen atoms in total. The molecule has 31 heteroatoms. The van der Waals surface area contributed by atoms with E-state index in [2.05, 4.69) is 21.3 Å². The van der Waals surface area contributed by atoms with Crippen molar-refractivity contribution in [1.29, 1.82) is 43.3 Å². The van der Waals surface area contributed by atoms with Crippen LogP contribution in [-0.4, -0.2) is 136 Å². The van der Waals surface area contributed by atoms with E-state index in [1.807, 2.05) is 59.3 Å². The molecular formula is C61H85N21O8S2. The van der Waals surface area contributed by atoms with Crippen LogP contribution >= 0.6 is 22.7 Å². The van der Waals surface area contributed by atoms with Crippen LogP contribution in [0.2, 0.25) is 0 Å². The van der Waals surface area contributed by atoms with E-state index in [9.17, 15) is 0 Å². The topological polar surface area (TPSA) is 521 Å². The molecule has 0 amide bonds. The first kappa shape index (κ1) is 70.8. The quantitative estimate of drug-likeness (QED) is 0.0119. The van der Waals surface area contributed by atoms with Gasteiger partial charge in [-0.05, 0) is 81.8 Å². The standard InChI is InChI=1S/C61H85N21O8S2/c1-36(62)77-18-28-89-55-43(41-8-2-10-45(85-26-19-78-59(71)72)53(41)87-24-6-14-51(67)68)30-37(32-47(55)83-22-4-12-49(63)64)57-81-39(34-91-57)16-17-40-35-92-58(82-40)38-31-44(56(90-29-21-80-61(75)76)48(33-38)84-23-5-13-50(65)66)42-9-3-11-46(86-27-20-79-60(73)74)54(42)88-25-7-15-52(69)70/h2-3,8-11,30-35H,4-7,12-29H2,1H3,(H2,62,77)(H3,63,64)(H3,65,66)(H3,67,68)(H3,69,70)(H4,71,72,78)(H4,73,74,79)(H4,75,76,80). The first-order valence-corrected chi connectivity index (χ1v) is 31.4. The van der Waals surface area contributed by atoms with Crippen LogP contribution in [0.4, 0.5) is 0 Å². The first-order valence-electron chi connectivity index (χ1n) is 29.6. The van der Waals surface area contributed by atoms with E-state index >= 15 is 0 Å². The second-order valence-electron chi connectivity index (χ2n) is 20.6. The Kier molecular flexibility index (Phi) is 28.5. The smallest absolute Gasteiger partial charge is 0.185 e. The van der Waals surface area contributed by atoms with Crippen molar-refractivity contribution in [3.05, 3.63) is 82.8 Å². The molecule has 0 bridgehead atoms. The zero-order valence-corrected chi connectivity index (χ0v) is 53.1. The molecule has 0 aliphatic heterocycles. The summed E-state index contributed by atoms with van der Waals surface area (Å²) < 4.78 is 51.6. The number of nitrogens with zero attached hydrogens (tertiary/aromatic N) is 2. The van der Waals surface area contributed by atoms with E-state index in [1.165, 1.54) is 22.7 Å². The van der Waals surface area contributed by atoms with Crippen molar-refractivity contribution in [3.63, 3.8) is 0 Å². The molecule has 0 radical (unpaired) electrons. The molecule has 4 aromatic carbocycles. The number of thiazole rings is 2. The summed E-state index contributed by atoms with van der Waals surface area (Å²) in [6.07, 6.45) is 4.07. The fourth-order valence-corrected chi connectivity index (χ4v) is 10.6. The van der Waals surface area contributed by atoms with Gasteiger partial charge >= 0.3 is 0 Å². The number of hydrogen-bond acceptors (Lipinski definition) is 20. The zero-order chi connectivity index (χ0) is 66.4. The second kappa shape index (κ2) is 37.0. The average molecular weight is 1300 g/mol. The highest BCUT2D eigenvalue weighted by atomic mass is 32.1. The van der Waals surface area contributed by atoms with Crippen molar-refractivity contribution in [1.82, 2.24) is 31.2 Å². The summed E-state index contributed by atoms with van der Waals surface area (Å²) in [4.78, 5) is 10.3. The van der Waals surface area contributed by atoms with E-state index in [0.29, 0.717) is 160 Å². The van der Waals surface area contributed by atoms with Crippen LogP contribution in [0.15, 0.2) is 71.4 Å². The number of aryl methyl sites for hydroxylation is 2. The van der Waals surface area contributed by atoms with Crippen molar-refractivity contribution in [2.45, 2.75) is 71.1 Å². The number of aromatic nitrogens is 2. The van der Waals surface area contributed by atoms with Gasteiger partial charge in [0, 0.05) is 69.8 Å². The largest absolute Gasteiger partial charge is 0.490 e. The fourth-order valence-electron chi connectivity index (χ4n) is 8.90. The Morgan fingerprint density at radius 1 is 0.391 bits per heavy atom. The molecule has 0 aliphatic carbocycles. The van der Waals surface area contributed by atoms with Crippen LogP contribution in [-0.2, 0) is 12.8 Å². The Morgan fingerprint density at radius 2 is 0.707 bits per heavy atom. The van der Waals surface area contributed by atoms with Gasteiger partial charge in [-0.15, -0.1) is 22.7 Å². The van der Waals surface area contributed by atoms with Gasteiger partial charge in [-0.1, -0.05) is 24.3 Å². The van der Waals surface area contributed by atoms with Gasteiger partial charge in [0.05, 0.1) is 93.2 Å². The van der Waals surface area contributed by atoms with Crippen molar-refractivity contribution in [3.8, 4) is 89.4 Å². The monoisotopic (exact) mass is 1300 g/mol. The summed E-state index contributed by atoms with van der Waals surface area (Å²) in [7, 11) is 0. The van der Waals surface area contributed by atoms with Crippen molar-refractivity contribution < 1.29 is 37.9 Å². The van der Waals surface area contributed by atoms with Crippen LogP contribution in [0.25, 0.3) is 43.4 Å². The lowest BCUT2D eigenvalue weighted by Gasteiger charge is -2.21. The molecule has 0 saturated heterocycles.